The summed E-state index contributed by atoms with van der Waals surface area (Å²) in [4.78, 5) is 8.88. The standard InChI is InChI=1S/C15H11ClN2O/c1-19-12-7-5-10(6-8-12)15-17-9-11-3-2-4-13(16)14(11)18-15/h2-9H,1H3. The van der Waals surface area contributed by atoms with Gasteiger partial charge in [-0.15, -0.1) is 0 Å². The zero-order valence-corrected chi connectivity index (χ0v) is 11.1. The molecule has 4 heteroatoms. The van der Waals surface area contributed by atoms with Crippen molar-refractivity contribution in [1.82, 2.24) is 9.97 Å². The maximum absolute atomic E-state index is 6.15. The van der Waals surface area contributed by atoms with Crippen LogP contribution in [0.15, 0.2) is 48.7 Å². The number of fused-ring (bicyclic) bond motifs is 1. The average molecular weight is 271 g/mol. The van der Waals surface area contributed by atoms with Gasteiger partial charge in [0.1, 0.15) is 5.75 Å². The van der Waals surface area contributed by atoms with Crippen LogP contribution in [0.5, 0.6) is 5.75 Å². The van der Waals surface area contributed by atoms with E-state index in [1.54, 1.807) is 13.3 Å². The number of methoxy groups -OCH3 is 1. The van der Waals surface area contributed by atoms with E-state index in [2.05, 4.69) is 9.97 Å². The van der Waals surface area contributed by atoms with Crippen molar-refractivity contribution >= 4 is 22.5 Å². The van der Waals surface area contributed by atoms with Crippen LogP contribution in [0, 0.1) is 0 Å². The molecule has 0 amide bonds. The third-order valence-electron chi connectivity index (χ3n) is 2.91. The highest BCUT2D eigenvalue weighted by atomic mass is 35.5. The van der Waals surface area contributed by atoms with E-state index in [4.69, 9.17) is 16.3 Å². The van der Waals surface area contributed by atoms with Gasteiger partial charge < -0.3 is 4.74 Å². The van der Waals surface area contributed by atoms with Gasteiger partial charge in [-0.1, -0.05) is 23.7 Å². The number of rotatable bonds is 2. The van der Waals surface area contributed by atoms with Crippen LogP contribution in [0.1, 0.15) is 0 Å². The summed E-state index contributed by atoms with van der Waals surface area (Å²) in [6.45, 7) is 0. The number of ether oxygens (including phenoxy) is 1. The van der Waals surface area contributed by atoms with Crippen LogP contribution < -0.4 is 4.74 Å². The summed E-state index contributed by atoms with van der Waals surface area (Å²) in [5.74, 6) is 1.46. The minimum Gasteiger partial charge on any atom is -0.497 e. The summed E-state index contributed by atoms with van der Waals surface area (Å²) >= 11 is 6.15. The van der Waals surface area contributed by atoms with Gasteiger partial charge >= 0.3 is 0 Å². The first-order valence-electron chi connectivity index (χ1n) is 5.83. The lowest BCUT2D eigenvalue weighted by molar-refractivity contribution is 0.415. The monoisotopic (exact) mass is 270 g/mol. The Morgan fingerprint density at radius 3 is 2.58 bits per heavy atom. The number of hydrogen-bond donors (Lipinski definition) is 0. The summed E-state index contributed by atoms with van der Waals surface area (Å²) in [6, 6.07) is 13.3. The van der Waals surface area contributed by atoms with Crippen molar-refractivity contribution in [3.63, 3.8) is 0 Å². The number of benzene rings is 2. The van der Waals surface area contributed by atoms with Gasteiger partial charge in [0.25, 0.3) is 0 Å². The molecule has 3 rings (SSSR count). The lowest BCUT2D eigenvalue weighted by atomic mass is 10.2. The van der Waals surface area contributed by atoms with E-state index in [0.29, 0.717) is 10.8 Å². The highest BCUT2D eigenvalue weighted by molar-refractivity contribution is 6.35. The predicted octanol–water partition coefficient (Wildman–Crippen LogP) is 3.96. The second-order valence-electron chi connectivity index (χ2n) is 4.10. The topological polar surface area (TPSA) is 35.0 Å². The summed E-state index contributed by atoms with van der Waals surface area (Å²) in [7, 11) is 1.64. The van der Waals surface area contributed by atoms with Gasteiger partial charge in [0.2, 0.25) is 0 Å². The Morgan fingerprint density at radius 2 is 1.84 bits per heavy atom. The largest absolute Gasteiger partial charge is 0.497 e. The first kappa shape index (κ1) is 11.9. The molecular formula is C15H11ClN2O. The molecule has 94 valence electrons. The summed E-state index contributed by atoms with van der Waals surface area (Å²) in [6.07, 6.45) is 1.79. The van der Waals surface area contributed by atoms with Crippen LogP contribution >= 0.6 is 11.6 Å². The second-order valence-corrected chi connectivity index (χ2v) is 4.51. The van der Waals surface area contributed by atoms with E-state index in [9.17, 15) is 0 Å². The fourth-order valence-corrected chi connectivity index (χ4v) is 2.12. The molecule has 0 bridgehead atoms. The Balaban J connectivity index is 2.11. The SMILES string of the molecule is COc1ccc(-c2ncc3cccc(Cl)c3n2)cc1. The van der Waals surface area contributed by atoms with Crippen LogP contribution in [0.2, 0.25) is 5.02 Å². The van der Waals surface area contributed by atoms with Crippen molar-refractivity contribution in [2.75, 3.05) is 7.11 Å². The molecule has 0 aliphatic carbocycles. The third kappa shape index (κ3) is 2.25. The van der Waals surface area contributed by atoms with Crippen LogP contribution in [0.4, 0.5) is 0 Å². The quantitative estimate of drug-likeness (QED) is 0.707. The average Bonchev–Trinajstić information content (AvgIpc) is 2.47. The fraction of sp³-hybridized carbons (Fsp3) is 0.0667. The van der Waals surface area contributed by atoms with Gasteiger partial charge in [0.05, 0.1) is 17.6 Å². The van der Waals surface area contributed by atoms with E-state index < -0.39 is 0 Å². The molecule has 0 aliphatic rings. The molecule has 1 heterocycles. The molecule has 0 atom stereocenters. The van der Waals surface area contributed by atoms with Crippen molar-refractivity contribution in [1.29, 1.82) is 0 Å². The van der Waals surface area contributed by atoms with E-state index in [1.165, 1.54) is 0 Å². The maximum Gasteiger partial charge on any atom is 0.159 e. The minimum absolute atomic E-state index is 0.634. The Hall–Kier alpha value is -2.13. The molecule has 0 saturated carbocycles. The van der Waals surface area contributed by atoms with Gasteiger partial charge in [-0.25, -0.2) is 9.97 Å². The van der Waals surface area contributed by atoms with E-state index in [1.807, 2.05) is 42.5 Å². The fourth-order valence-electron chi connectivity index (χ4n) is 1.90. The maximum atomic E-state index is 6.15. The zero-order valence-electron chi connectivity index (χ0n) is 10.3. The number of aromatic nitrogens is 2. The zero-order chi connectivity index (χ0) is 13.2. The smallest absolute Gasteiger partial charge is 0.159 e. The summed E-state index contributed by atoms with van der Waals surface area (Å²) in [5.41, 5.74) is 1.70. The van der Waals surface area contributed by atoms with Crippen molar-refractivity contribution in [3.05, 3.63) is 53.7 Å². The molecule has 0 unspecified atom stereocenters. The molecule has 2 aromatic carbocycles. The van der Waals surface area contributed by atoms with Gasteiger partial charge in [0.15, 0.2) is 5.82 Å². The summed E-state index contributed by atoms with van der Waals surface area (Å²) in [5, 5.41) is 1.57. The lowest BCUT2D eigenvalue weighted by Crippen LogP contribution is -1.90. The molecule has 19 heavy (non-hydrogen) atoms. The van der Waals surface area contributed by atoms with Crippen LogP contribution in [0.3, 0.4) is 0 Å². The molecule has 0 N–H and O–H groups in total. The van der Waals surface area contributed by atoms with Crippen LogP contribution in [-0.2, 0) is 0 Å². The number of nitrogens with zero attached hydrogens (tertiary/aromatic N) is 2. The first-order chi connectivity index (χ1) is 9.28. The lowest BCUT2D eigenvalue weighted by Gasteiger charge is -2.04. The van der Waals surface area contributed by atoms with Crippen LogP contribution in [0.25, 0.3) is 22.3 Å². The van der Waals surface area contributed by atoms with E-state index in [0.717, 1.165) is 22.2 Å². The van der Waals surface area contributed by atoms with Gasteiger partial charge in [-0.3, -0.25) is 0 Å². The van der Waals surface area contributed by atoms with E-state index >= 15 is 0 Å². The molecule has 0 saturated heterocycles. The molecule has 0 fully saturated rings. The molecule has 0 spiro atoms. The van der Waals surface area contributed by atoms with Gasteiger partial charge in [-0.05, 0) is 30.3 Å². The van der Waals surface area contributed by atoms with Crippen molar-refractivity contribution in [3.8, 4) is 17.1 Å². The van der Waals surface area contributed by atoms with Crippen molar-refractivity contribution in [2.24, 2.45) is 0 Å². The summed E-state index contributed by atoms with van der Waals surface area (Å²) < 4.78 is 5.13. The highest BCUT2D eigenvalue weighted by Crippen LogP contribution is 2.24. The van der Waals surface area contributed by atoms with E-state index in [-0.39, 0.29) is 0 Å². The molecule has 3 aromatic rings. The highest BCUT2D eigenvalue weighted by Gasteiger charge is 2.05. The number of para-hydroxylation sites is 1. The Kier molecular flexibility index (Phi) is 3.05. The molecule has 0 radical (unpaired) electrons. The Labute approximate surface area is 115 Å². The molecular weight excluding hydrogens is 260 g/mol. The van der Waals surface area contributed by atoms with Gasteiger partial charge in [-0.2, -0.15) is 0 Å². The Bertz CT molecular complexity index is 726. The number of hydrogen-bond acceptors (Lipinski definition) is 3. The Morgan fingerprint density at radius 1 is 1.05 bits per heavy atom. The van der Waals surface area contributed by atoms with Gasteiger partial charge in [0, 0.05) is 17.1 Å². The molecule has 3 nitrogen and oxygen atoms in total. The normalized spacial score (nSPS) is 10.6. The van der Waals surface area contributed by atoms with Crippen molar-refractivity contribution < 1.29 is 4.74 Å². The third-order valence-corrected chi connectivity index (χ3v) is 3.21. The predicted molar refractivity (Wildman–Crippen MR) is 76.5 cm³/mol. The minimum atomic E-state index is 0.634. The van der Waals surface area contributed by atoms with Crippen molar-refractivity contribution in [2.45, 2.75) is 0 Å². The second kappa shape index (κ2) is 4.86. The first-order valence-corrected chi connectivity index (χ1v) is 6.21. The number of halogens is 1. The molecule has 0 aliphatic heterocycles. The van der Waals surface area contributed by atoms with Crippen LogP contribution in [-0.4, -0.2) is 17.1 Å². The molecule has 1 aromatic heterocycles.